The Kier molecular flexibility index (Phi) is 7.61. The molecule has 0 aliphatic heterocycles. The highest BCUT2D eigenvalue weighted by Gasteiger charge is 2.17. The van der Waals surface area contributed by atoms with E-state index in [9.17, 15) is 0 Å². The number of aryl methyl sites for hydroxylation is 1. The van der Waals surface area contributed by atoms with Crippen molar-refractivity contribution in [3.8, 4) is 11.1 Å². The maximum absolute atomic E-state index is 2.37. The van der Waals surface area contributed by atoms with Crippen molar-refractivity contribution in [2.45, 2.75) is 19.8 Å². The van der Waals surface area contributed by atoms with Gasteiger partial charge in [0.05, 0.1) is 0 Å². The first-order chi connectivity index (χ1) is 23.2. The van der Waals surface area contributed by atoms with Crippen molar-refractivity contribution >= 4 is 50.5 Å². The zero-order chi connectivity index (χ0) is 31.6. The van der Waals surface area contributed by atoms with Gasteiger partial charge in [0.15, 0.2) is 0 Å². The maximum Gasteiger partial charge on any atom is 0.0468 e. The number of fused-ring (bicyclic) bond motifs is 2. The molecule has 0 amide bonds. The van der Waals surface area contributed by atoms with E-state index < -0.39 is 0 Å². The first kappa shape index (κ1) is 28.6. The first-order valence-corrected chi connectivity index (χ1v) is 16.4. The molecule has 0 saturated carbocycles. The highest BCUT2D eigenvalue weighted by atomic mass is 15.1. The van der Waals surface area contributed by atoms with E-state index in [4.69, 9.17) is 0 Å². The van der Waals surface area contributed by atoms with Crippen molar-refractivity contribution in [1.29, 1.82) is 0 Å². The molecule has 0 N–H and O–H groups in total. The van der Waals surface area contributed by atoms with E-state index in [1.54, 1.807) is 0 Å². The number of benzene rings is 7. The Bertz CT molecular complexity index is 2180. The molecule has 7 aromatic carbocycles. The van der Waals surface area contributed by atoms with Crippen molar-refractivity contribution in [3.63, 3.8) is 0 Å². The molecule has 0 fully saturated rings. The quantitative estimate of drug-likeness (QED) is 0.179. The molecule has 0 saturated heterocycles. The van der Waals surface area contributed by atoms with Gasteiger partial charge in [-0.3, -0.25) is 0 Å². The van der Waals surface area contributed by atoms with Crippen LogP contribution >= 0.6 is 0 Å². The van der Waals surface area contributed by atoms with Gasteiger partial charge in [-0.2, -0.15) is 0 Å². The highest BCUT2D eigenvalue weighted by Crippen LogP contribution is 2.40. The summed E-state index contributed by atoms with van der Waals surface area (Å²) in [5.41, 5.74) is 13.4. The van der Waals surface area contributed by atoms with Crippen molar-refractivity contribution < 1.29 is 0 Å². The van der Waals surface area contributed by atoms with Gasteiger partial charge in [-0.05, 0) is 131 Å². The van der Waals surface area contributed by atoms with Crippen molar-refractivity contribution in [1.82, 2.24) is 0 Å². The molecule has 2 heteroatoms. The van der Waals surface area contributed by atoms with Crippen molar-refractivity contribution in [3.05, 3.63) is 187 Å². The largest absolute Gasteiger partial charge is 0.310 e. The Morgan fingerprint density at radius 3 is 1.47 bits per heavy atom. The standard InChI is InChI=1S/C45H36N2/c1-33-11-10-14-38-32-44(29-30-45(33)38)47(40-17-6-3-7-18-40)42-26-21-36(22-27-42)35-19-24-41(25-20-35)46(39-15-4-2-5-16-39)43-28-23-34-12-8-9-13-37(34)31-43/h2-9,11-13,15-32H,10,14H2,1H3. The molecule has 0 unspecified atom stereocenters. The molecule has 226 valence electrons. The lowest BCUT2D eigenvalue weighted by Crippen LogP contribution is -2.11. The smallest absolute Gasteiger partial charge is 0.0468 e. The monoisotopic (exact) mass is 604 g/mol. The fourth-order valence-corrected chi connectivity index (χ4v) is 6.84. The molecule has 1 aliphatic rings. The summed E-state index contributed by atoms with van der Waals surface area (Å²) in [4.78, 5) is 4.69. The van der Waals surface area contributed by atoms with E-state index in [1.165, 1.54) is 44.3 Å². The highest BCUT2D eigenvalue weighted by molar-refractivity contribution is 5.89. The predicted molar refractivity (Wildman–Crippen MR) is 201 cm³/mol. The Morgan fingerprint density at radius 1 is 0.404 bits per heavy atom. The van der Waals surface area contributed by atoms with Crippen LogP contribution in [0, 0.1) is 0 Å². The van der Waals surface area contributed by atoms with Gasteiger partial charge >= 0.3 is 0 Å². The van der Waals surface area contributed by atoms with Gasteiger partial charge in [0.1, 0.15) is 0 Å². The molecule has 0 radical (unpaired) electrons. The fraction of sp³-hybridized carbons (Fsp3) is 0.0667. The molecular weight excluding hydrogens is 569 g/mol. The van der Waals surface area contributed by atoms with Crippen LogP contribution in [0.5, 0.6) is 0 Å². The fourth-order valence-electron chi connectivity index (χ4n) is 6.84. The lowest BCUT2D eigenvalue weighted by molar-refractivity contribution is 0.974. The Hall–Kier alpha value is -5.86. The summed E-state index contributed by atoms with van der Waals surface area (Å²) in [7, 11) is 0. The number of allylic oxidation sites excluding steroid dienone is 2. The van der Waals surface area contributed by atoms with Crippen molar-refractivity contribution in [2.75, 3.05) is 9.80 Å². The lowest BCUT2D eigenvalue weighted by atomic mass is 9.91. The van der Waals surface area contributed by atoms with E-state index in [1.807, 2.05) is 0 Å². The summed E-state index contributed by atoms with van der Waals surface area (Å²) in [6, 6.07) is 61.3. The van der Waals surface area contributed by atoms with Gasteiger partial charge in [0.25, 0.3) is 0 Å². The van der Waals surface area contributed by atoms with Crippen LogP contribution in [0.2, 0.25) is 0 Å². The Labute approximate surface area is 277 Å². The van der Waals surface area contributed by atoms with E-state index in [0.29, 0.717) is 0 Å². The van der Waals surface area contributed by atoms with Crippen LogP contribution in [-0.2, 0) is 6.42 Å². The first-order valence-electron chi connectivity index (χ1n) is 16.4. The average molecular weight is 605 g/mol. The molecule has 0 bridgehead atoms. The van der Waals surface area contributed by atoms with Crippen LogP contribution in [-0.4, -0.2) is 0 Å². The summed E-state index contributed by atoms with van der Waals surface area (Å²) in [5.74, 6) is 0. The summed E-state index contributed by atoms with van der Waals surface area (Å²) in [6.45, 7) is 2.22. The maximum atomic E-state index is 2.37. The zero-order valence-electron chi connectivity index (χ0n) is 26.6. The second-order valence-corrected chi connectivity index (χ2v) is 12.2. The van der Waals surface area contributed by atoms with Crippen molar-refractivity contribution in [2.24, 2.45) is 0 Å². The van der Waals surface area contributed by atoms with Crippen LogP contribution < -0.4 is 9.80 Å². The van der Waals surface area contributed by atoms with E-state index in [0.717, 1.165) is 41.3 Å². The summed E-state index contributed by atoms with van der Waals surface area (Å²) >= 11 is 0. The number of para-hydroxylation sites is 2. The van der Waals surface area contributed by atoms with E-state index >= 15 is 0 Å². The van der Waals surface area contributed by atoms with Gasteiger partial charge < -0.3 is 9.80 Å². The third-order valence-corrected chi connectivity index (χ3v) is 9.24. The third kappa shape index (κ3) is 5.71. The minimum Gasteiger partial charge on any atom is -0.310 e. The van der Waals surface area contributed by atoms with Gasteiger partial charge in [-0.25, -0.2) is 0 Å². The number of rotatable bonds is 7. The molecule has 0 heterocycles. The average Bonchev–Trinajstić information content (AvgIpc) is 3.13. The molecule has 7 aromatic rings. The van der Waals surface area contributed by atoms with Gasteiger partial charge in [0, 0.05) is 34.1 Å². The number of hydrogen-bond acceptors (Lipinski definition) is 2. The van der Waals surface area contributed by atoms with Gasteiger partial charge in [0.2, 0.25) is 0 Å². The number of hydrogen-bond donors (Lipinski definition) is 0. The molecule has 1 aliphatic carbocycles. The molecule has 8 rings (SSSR count). The SMILES string of the molecule is CC1=CCCc2cc(N(c3ccccc3)c3ccc(-c4ccc(N(c5ccccc5)c5ccc6ccccc6c5)cc4)cc3)ccc21. The minimum absolute atomic E-state index is 1.08. The van der Waals surface area contributed by atoms with Gasteiger partial charge in [-0.15, -0.1) is 0 Å². The summed E-state index contributed by atoms with van der Waals surface area (Å²) < 4.78 is 0. The molecule has 0 aromatic heterocycles. The predicted octanol–water partition coefficient (Wildman–Crippen LogP) is 12.8. The topological polar surface area (TPSA) is 6.48 Å². The van der Waals surface area contributed by atoms with E-state index in [-0.39, 0.29) is 0 Å². The second-order valence-electron chi connectivity index (χ2n) is 12.2. The Morgan fingerprint density at radius 2 is 0.872 bits per heavy atom. The third-order valence-electron chi connectivity index (χ3n) is 9.24. The van der Waals surface area contributed by atoms with Crippen LogP contribution in [0.3, 0.4) is 0 Å². The number of nitrogens with zero attached hydrogens (tertiary/aromatic N) is 2. The number of anilines is 6. The molecule has 47 heavy (non-hydrogen) atoms. The van der Waals surface area contributed by atoms with Crippen LogP contribution in [0.1, 0.15) is 24.5 Å². The molecule has 0 atom stereocenters. The van der Waals surface area contributed by atoms with Crippen LogP contribution in [0.25, 0.3) is 27.5 Å². The van der Waals surface area contributed by atoms with Crippen LogP contribution in [0.4, 0.5) is 34.1 Å². The minimum atomic E-state index is 1.08. The second kappa shape index (κ2) is 12.5. The summed E-state index contributed by atoms with van der Waals surface area (Å²) in [6.07, 6.45) is 4.54. The van der Waals surface area contributed by atoms with E-state index in [2.05, 4.69) is 193 Å². The lowest BCUT2D eigenvalue weighted by Gasteiger charge is -2.27. The zero-order valence-corrected chi connectivity index (χ0v) is 26.6. The molecular formula is C45H36N2. The van der Waals surface area contributed by atoms with Crippen LogP contribution in [0.15, 0.2) is 176 Å². The summed E-state index contributed by atoms with van der Waals surface area (Å²) in [5, 5.41) is 2.47. The molecule has 0 spiro atoms. The van der Waals surface area contributed by atoms with Gasteiger partial charge in [-0.1, -0.05) is 103 Å². The molecule has 2 nitrogen and oxygen atoms in total. The normalized spacial score (nSPS) is 12.3. The Balaban J connectivity index is 1.12.